The van der Waals surface area contributed by atoms with Gasteiger partial charge in [0.2, 0.25) is 0 Å². The summed E-state index contributed by atoms with van der Waals surface area (Å²) in [6.07, 6.45) is -1.72. The molecule has 1 rings (SSSR count). The number of ketones is 1. The van der Waals surface area contributed by atoms with Crippen molar-refractivity contribution in [2.45, 2.75) is 71.6 Å². The quantitative estimate of drug-likeness (QED) is 0.712. The van der Waals surface area contributed by atoms with Gasteiger partial charge in [-0.25, -0.2) is 0 Å². The van der Waals surface area contributed by atoms with Crippen molar-refractivity contribution < 1.29 is 19.4 Å². The summed E-state index contributed by atoms with van der Waals surface area (Å²) in [6, 6.07) is 8.98. The minimum absolute atomic E-state index is 0.0210. The van der Waals surface area contributed by atoms with Gasteiger partial charge in [0.1, 0.15) is 6.10 Å². The van der Waals surface area contributed by atoms with Gasteiger partial charge in [0.15, 0.2) is 5.78 Å². The molecule has 0 unspecified atom stereocenters. The predicted molar refractivity (Wildman–Crippen MR) is 87.1 cm³/mol. The maximum Gasteiger partial charge on any atom is 0.165 e. The molecule has 4 nitrogen and oxygen atoms in total. The van der Waals surface area contributed by atoms with Gasteiger partial charge >= 0.3 is 0 Å². The summed E-state index contributed by atoms with van der Waals surface area (Å²) in [5.74, 6) is -0.0952. The summed E-state index contributed by atoms with van der Waals surface area (Å²) in [5.41, 5.74) is 0.599. The lowest BCUT2D eigenvalue weighted by Crippen LogP contribution is -2.43. The van der Waals surface area contributed by atoms with Crippen LogP contribution in [0.2, 0.25) is 0 Å². The molecule has 0 amide bonds. The van der Waals surface area contributed by atoms with Crippen LogP contribution in [-0.2, 0) is 9.47 Å². The molecule has 4 heteroatoms. The van der Waals surface area contributed by atoms with Gasteiger partial charge in [-0.3, -0.25) is 4.79 Å². The molecule has 0 radical (unpaired) electrons. The first kappa shape index (κ1) is 18.8. The molecule has 124 valence electrons. The fourth-order valence-corrected chi connectivity index (χ4v) is 2.38. The zero-order chi connectivity index (χ0) is 16.7. The van der Waals surface area contributed by atoms with Gasteiger partial charge in [-0.05, 0) is 34.6 Å². The first-order chi connectivity index (χ1) is 10.3. The second kappa shape index (κ2) is 9.03. The van der Waals surface area contributed by atoms with Crippen LogP contribution in [0.5, 0.6) is 0 Å². The number of ether oxygens (including phenoxy) is 2. The Labute approximate surface area is 133 Å². The fraction of sp³-hybridized carbons (Fsp3) is 0.611. The van der Waals surface area contributed by atoms with E-state index in [4.69, 9.17) is 9.47 Å². The van der Waals surface area contributed by atoms with E-state index in [0.717, 1.165) is 0 Å². The average Bonchev–Trinajstić information content (AvgIpc) is 2.44. The van der Waals surface area contributed by atoms with E-state index in [0.29, 0.717) is 5.56 Å². The zero-order valence-corrected chi connectivity index (χ0v) is 14.2. The normalized spacial score (nSPS) is 15.8. The Hall–Kier alpha value is -1.23. The third-order valence-electron chi connectivity index (χ3n) is 3.25. The lowest BCUT2D eigenvalue weighted by atomic mass is 9.99. The Balaban J connectivity index is 2.74. The van der Waals surface area contributed by atoms with Gasteiger partial charge < -0.3 is 14.6 Å². The first-order valence-electron chi connectivity index (χ1n) is 7.88. The van der Waals surface area contributed by atoms with Crippen LogP contribution < -0.4 is 0 Å². The van der Waals surface area contributed by atoms with Crippen molar-refractivity contribution in [3.8, 4) is 0 Å². The maximum absolute atomic E-state index is 12.2. The molecule has 3 atom stereocenters. The van der Waals surface area contributed by atoms with E-state index in [1.807, 2.05) is 52.8 Å². The topological polar surface area (TPSA) is 55.8 Å². The van der Waals surface area contributed by atoms with Gasteiger partial charge in [0.25, 0.3) is 0 Å². The molecule has 0 aliphatic rings. The van der Waals surface area contributed by atoms with Crippen LogP contribution in [0.3, 0.4) is 0 Å². The van der Waals surface area contributed by atoms with Crippen LogP contribution in [0.1, 0.15) is 51.4 Å². The highest BCUT2D eigenvalue weighted by Crippen LogP contribution is 2.17. The SMILES string of the molecule is CC(C)O[C@H]([C@H](C)OC(C)C)[C@@H](O)CC(=O)c1ccccc1. The smallest absolute Gasteiger partial charge is 0.165 e. The van der Waals surface area contributed by atoms with Crippen LogP contribution in [-0.4, -0.2) is 41.4 Å². The molecule has 22 heavy (non-hydrogen) atoms. The molecular formula is C18H28O4. The van der Waals surface area contributed by atoms with E-state index >= 15 is 0 Å². The van der Waals surface area contributed by atoms with E-state index in [2.05, 4.69) is 0 Å². The van der Waals surface area contributed by atoms with Gasteiger partial charge in [-0.15, -0.1) is 0 Å². The molecule has 0 spiro atoms. The Morgan fingerprint density at radius 1 is 1.00 bits per heavy atom. The van der Waals surface area contributed by atoms with Crippen LogP contribution in [0.15, 0.2) is 30.3 Å². The molecule has 0 aliphatic carbocycles. The van der Waals surface area contributed by atoms with Gasteiger partial charge in [0.05, 0.1) is 24.4 Å². The van der Waals surface area contributed by atoms with Crippen molar-refractivity contribution in [1.82, 2.24) is 0 Å². The molecule has 1 aromatic carbocycles. The minimum Gasteiger partial charge on any atom is -0.390 e. The Kier molecular flexibility index (Phi) is 7.73. The van der Waals surface area contributed by atoms with E-state index in [1.54, 1.807) is 12.1 Å². The number of rotatable bonds is 9. The first-order valence-corrected chi connectivity index (χ1v) is 7.88. The van der Waals surface area contributed by atoms with Crippen LogP contribution >= 0.6 is 0 Å². The second-order valence-electron chi connectivity index (χ2n) is 6.10. The van der Waals surface area contributed by atoms with Crippen molar-refractivity contribution >= 4 is 5.78 Å². The number of aliphatic hydroxyl groups is 1. The summed E-state index contributed by atoms with van der Waals surface area (Å²) < 4.78 is 11.5. The van der Waals surface area contributed by atoms with Gasteiger partial charge in [0, 0.05) is 12.0 Å². The number of hydrogen-bond acceptors (Lipinski definition) is 4. The van der Waals surface area contributed by atoms with E-state index in [-0.39, 0.29) is 30.5 Å². The van der Waals surface area contributed by atoms with E-state index < -0.39 is 12.2 Å². The number of carbonyl (C=O) groups excluding carboxylic acids is 1. The lowest BCUT2D eigenvalue weighted by Gasteiger charge is -2.31. The number of aliphatic hydroxyl groups excluding tert-OH is 1. The summed E-state index contributed by atoms with van der Waals surface area (Å²) in [4.78, 5) is 12.2. The molecule has 1 aromatic rings. The maximum atomic E-state index is 12.2. The standard InChI is InChI=1S/C18H28O4/c1-12(2)21-14(5)18(22-13(3)4)17(20)11-16(19)15-9-7-6-8-10-15/h6-10,12-14,17-18,20H,11H2,1-5H3/t14-,17-,18+/m0/s1. The molecule has 0 heterocycles. The van der Waals surface area contributed by atoms with Crippen molar-refractivity contribution in [3.05, 3.63) is 35.9 Å². The van der Waals surface area contributed by atoms with Crippen molar-refractivity contribution in [1.29, 1.82) is 0 Å². The fourth-order valence-electron chi connectivity index (χ4n) is 2.38. The van der Waals surface area contributed by atoms with Gasteiger partial charge in [-0.2, -0.15) is 0 Å². The Morgan fingerprint density at radius 3 is 2.05 bits per heavy atom. The number of Topliss-reactive ketones (excluding diaryl/α,β-unsaturated/α-hetero) is 1. The third kappa shape index (κ3) is 6.26. The highest BCUT2D eigenvalue weighted by atomic mass is 16.6. The molecule has 0 saturated heterocycles. The Bertz CT molecular complexity index is 442. The van der Waals surface area contributed by atoms with E-state index in [1.165, 1.54) is 0 Å². The highest BCUT2D eigenvalue weighted by Gasteiger charge is 2.30. The minimum atomic E-state index is -0.899. The lowest BCUT2D eigenvalue weighted by molar-refractivity contribution is -0.143. The number of carbonyl (C=O) groups is 1. The molecule has 0 aromatic heterocycles. The monoisotopic (exact) mass is 308 g/mol. The number of hydrogen-bond donors (Lipinski definition) is 1. The summed E-state index contributed by atoms with van der Waals surface area (Å²) in [5, 5.41) is 10.4. The second-order valence-corrected chi connectivity index (χ2v) is 6.10. The Morgan fingerprint density at radius 2 is 1.55 bits per heavy atom. The summed E-state index contributed by atoms with van der Waals surface area (Å²) in [7, 11) is 0. The van der Waals surface area contributed by atoms with E-state index in [9.17, 15) is 9.90 Å². The number of benzene rings is 1. The molecule has 0 fully saturated rings. The third-order valence-corrected chi connectivity index (χ3v) is 3.25. The van der Waals surface area contributed by atoms with Crippen molar-refractivity contribution in [3.63, 3.8) is 0 Å². The molecular weight excluding hydrogens is 280 g/mol. The van der Waals surface area contributed by atoms with Crippen LogP contribution in [0.4, 0.5) is 0 Å². The highest BCUT2D eigenvalue weighted by molar-refractivity contribution is 5.96. The van der Waals surface area contributed by atoms with Crippen LogP contribution in [0.25, 0.3) is 0 Å². The molecule has 0 saturated carbocycles. The van der Waals surface area contributed by atoms with Crippen molar-refractivity contribution in [2.75, 3.05) is 0 Å². The average molecular weight is 308 g/mol. The molecule has 0 aliphatic heterocycles. The largest absolute Gasteiger partial charge is 0.390 e. The van der Waals surface area contributed by atoms with Gasteiger partial charge in [-0.1, -0.05) is 30.3 Å². The van der Waals surface area contributed by atoms with Crippen LogP contribution in [0, 0.1) is 0 Å². The predicted octanol–water partition coefficient (Wildman–Crippen LogP) is 3.23. The van der Waals surface area contributed by atoms with Crippen molar-refractivity contribution in [2.24, 2.45) is 0 Å². The zero-order valence-electron chi connectivity index (χ0n) is 14.2. The summed E-state index contributed by atoms with van der Waals surface area (Å²) in [6.45, 7) is 9.54. The summed E-state index contributed by atoms with van der Waals surface area (Å²) >= 11 is 0. The molecule has 0 bridgehead atoms. The molecule has 1 N–H and O–H groups in total.